The zero-order chi connectivity index (χ0) is 7.68. The van der Waals surface area contributed by atoms with E-state index in [1.54, 1.807) is 18.6 Å². The predicted octanol–water partition coefficient (Wildman–Crippen LogP) is 0.580. The van der Waals surface area contributed by atoms with Crippen molar-refractivity contribution < 1.29 is 0 Å². The molecule has 2 aromatic rings. The second kappa shape index (κ2) is 3.40. The summed E-state index contributed by atoms with van der Waals surface area (Å²) in [5.41, 5.74) is 6.52. The van der Waals surface area contributed by atoms with Crippen LogP contribution in [0.1, 0.15) is 0 Å². The second-order valence-corrected chi connectivity index (χ2v) is 1.99. The number of rotatable bonds is 0. The molecule has 5 nitrogen and oxygen atoms in total. The van der Waals surface area contributed by atoms with Crippen molar-refractivity contribution in [1.82, 2.24) is 19.9 Å². The minimum absolute atomic E-state index is 0. The molecule has 62 valence electrons. The molecule has 0 aliphatic carbocycles. The number of halogens is 1. The van der Waals surface area contributed by atoms with Crippen molar-refractivity contribution in [2.75, 3.05) is 5.73 Å². The Morgan fingerprint density at radius 2 is 1.83 bits per heavy atom. The van der Waals surface area contributed by atoms with Crippen LogP contribution in [0.3, 0.4) is 0 Å². The van der Waals surface area contributed by atoms with Gasteiger partial charge in [0.05, 0.1) is 6.20 Å². The van der Waals surface area contributed by atoms with Crippen LogP contribution < -0.4 is 5.73 Å². The summed E-state index contributed by atoms with van der Waals surface area (Å²) in [4.78, 5) is 15.6. The molecule has 0 radical (unpaired) electrons. The normalized spacial score (nSPS) is 9.33. The Hall–Kier alpha value is -1.30. The molecule has 0 saturated heterocycles. The van der Waals surface area contributed by atoms with Gasteiger partial charge in [-0.15, -0.1) is 17.0 Å². The molecule has 2 aromatic heterocycles. The Bertz CT molecular complexity index is 390. The van der Waals surface area contributed by atoms with E-state index in [-0.39, 0.29) is 22.9 Å². The summed E-state index contributed by atoms with van der Waals surface area (Å²) in [6.45, 7) is 0. The molecular formula is C6H6BrN5. The fraction of sp³-hybridized carbons (Fsp3) is 0. The number of aromatic nitrogens is 4. The minimum atomic E-state index is 0. The topological polar surface area (TPSA) is 77.6 Å². The molecule has 2 N–H and O–H groups in total. The van der Waals surface area contributed by atoms with Gasteiger partial charge in [0.25, 0.3) is 0 Å². The fourth-order valence-corrected chi connectivity index (χ4v) is 0.783. The maximum absolute atomic E-state index is 5.33. The number of nitrogens with two attached hydrogens (primary N) is 1. The monoisotopic (exact) mass is 227 g/mol. The lowest BCUT2D eigenvalue weighted by molar-refractivity contribution is 1.16. The summed E-state index contributed by atoms with van der Waals surface area (Å²) in [7, 11) is 0. The standard InChI is InChI=1S/C6H5N5.BrH/c7-6-10-3-4-5(11-6)9-2-1-8-4;/h1-3H,(H2,7,9,10,11);1H. The van der Waals surface area contributed by atoms with Crippen LogP contribution in [0.4, 0.5) is 5.95 Å². The van der Waals surface area contributed by atoms with E-state index >= 15 is 0 Å². The molecule has 2 rings (SSSR count). The SMILES string of the molecule is Br.Nc1ncc2nccnc2n1. The first-order valence-corrected chi connectivity index (χ1v) is 3.05. The van der Waals surface area contributed by atoms with E-state index in [0.717, 1.165) is 0 Å². The largest absolute Gasteiger partial charge is 0.368 e. The van der Waals surface area contributed by atoms with Crippen molar-refractivity contribution in [1.29, 1.82) is 0 Å². The van der Waals surface area contributed by atoms with Gasteiger partial charge in [-0.25, -0.2) is 15.0 Å². The Balaban J connectivity index is 0.000000720. The highest BCUT2D eigenvalue weighted by molar-refractivity contribution is 8.93. The van der Waals surface area contributed by atoms with Crippen molar-refractivity contribution in [3.63, 3.8) is 0 Å². The molecule has 0 aromatic carbocycles. The summed E-state index contributed by atoms with van der Waals surface area (Å²) in [6.07, 6.45) is 4.70. The van der Waals surface area contributed by atoms with Crippen LogP contribution in [0.15, 0.2) is 18.6 Å². The lowest BCUT2D eigenvalue weighted by Gasteiger charge is -1.93. The van der Waals surface area contributed by atoms with Crippen LogP contribution in [0.25, 0.3) is 11.2 Å². The van der Waals surface area contributed by atoms with Gasteiger partial charge in [0.15, 0.2) is 5.65 Å². The van der Waals surface area contributed by atoms with E-state index < -0.39 is 0 Å². The molecule has 0 aliphatic rings. The maximum atomic E-state index is 5.33. The minimum Gasteiger partial charge on any atom is -0.368 e. The smallest absolute Gasteiger partial charge is 0.222 e. The number of hydrogen-bond donors (Lipinski definition) is 1. The molecule has 6 heteroatoms. The quantitative estimate of drug-likeness (QED) is 0.713. The van der Waals surface area contributed by atoms with Crippen LogP contribution in [0.2, 0.25) is 0 Å². The highest BCUT2D eigenvalue weighted by atomic mass is 79.9. The van der Waals surface area contributed by atoms with E-state index in [9.17, 15) is 0 Å². The number of hydrogen-bond acceptors (Lipinski definition) is 5. The summed E-state index contributed by atoms with van der Waals surface area (Å²) in [6, 6.07) is 0. The van der Waals surface area contributed by atoms with Gasteiger partial charge in [0.2, 0.25) is 5.95 Å². The zero-order valence-electron chi connectivity index (χ0n) is 6.01. The lowest BCUT2D eigenvalue weighted by Crippen LogP contribution is -1.95. The van der Waals surface area contributed by atoms with Gasteiger partial charge < -0.3 is 5.73 Å². The number of nitrogen functional groups attached to an aromatic ring is 1. The first-order chi connectivity index (χ1) is 5.36. The molecule has 0 bridgehead atoms. The second-order valence-electron chi connectivity index (χ2n) is 1.99. The lowest BCUT2D eigenvalue weighted by atomic mass is 10.5. The van der Waals surface area contributed by atoms with Gasteiger partial charge in [-0.3, -0.25) is 0 Å². The molecule has 0 amide bonds. The van der Waals surface area contributed by atoms with Crippen molar-refractivity contribution in [3.8, 4) is 0 Å². The molecule has 0 atom stereocenters. The van der Waals surface area contributed by atoms with E-state index in [1.165, 1.54) is 0 Å². The average molecular weight is 228 g/mol. The average Bonchev–Trinajstić information content (AvgIpc) is 2.04. The van der Waals surface area contributed by atoms with E-state index in [1.807, 2.05) is 0 Å². The van der Waals surface area contributed by atoms with E-state index in [0.29, 0.717) is 11.2 Å². The number of nitrogens with zero attached hydrogens (tertiary/aromatic N) is 4. The Labute approximate surface area is 78.8 Å². The van der Waals surface area contributed by atoms with Crippen LogP contribution in [0.5, 0.6) is 0 Å². The maximum Gasteiger partial charge on any atom is 0.222 e. The van der Waals surface area contributed by atoms with Gasteiger partial charge in [-0.2, -0.15) is 4.98 Å². The highest BCUT2D eigenvalue weighted by Crippen LogP contribution is 2.02. The Kier molecular flexibility index (Phi) is 2.49. The molecule has 0 spiro atoms. The Morgan fingerprint density at radius 1 is 1.08 bits per heavy atom. The molecule has 0 aliphatic heterocycles. The molecule has 2 heterocycles. The summed E-state index contributed by atoms with van der Waals surface area (Å²) in [5.74, 6) is 0.220. The Morgan fingerprint density at radius 3 is 2.67 bits per heavy atom. The van der Waals surface area contributed by atoms with E-state index in [4.69, 9.17) is 5.73 Å². The number of fused-ring (bicyclic) bond motifs is 1. The van der Waals surface area contributed by atoms with Crippen molar-refractivity contribution in [2.24, 2.45) is 0 Å². The summed E-state index contributed by atoms with van der Waals surface area (Å²) < 4.78 is 0. The predicted molar refractivity (Wildman–Crippen MR) is 49.9 cm³/mol. The molecule has 12 heavy (non-hydrogen) atoms. The van der Waals surface area contributed by atoms with Gasteiger partial charge >= 0.3 is 0 Å². The summed E-state index contributed by atoms with van der Waals surface area (Å²) in [5, 5.41) is 0. The van der Waals surface area contributed by atoms with Gasteiger partial charge in [-0.1, -0.05) is 0 Å². The molecule has 0 fully saturated rings. The van der Waals surface area contributed by atoms with Crippen LogP contribution in [-0.4, -0.2) is 19.9 Å². The van der Waals surface area contributed by atoms with Gasteiger partial charge in [0.1, 0.15) is 5.52 Å². The molecule has 0 unspecified atom stereocenters. The first kappa shape index (κ1) is 8.79. The van der Waals surface area contributed by atoms with E-state index in [2.05, 4.69) is 19.9 Å². The fourth-order valence-electron chi connectivity index (χ4n) is 0.783. The first-order valence-electron chi connectivity index (χ1n) is 3.05. The zero-order valence-corrected chi connectivity index (χ0v) is 7.72. The third kappa shape index (κ3) is 1.48. The third-order valence-corrected chi connectivity index (χ3v) is 1.25. The third-order valence-electron chi connectivity index (χ3n) is 1.25. The highest BCUT2D eigenvalue weighted by Gasteiger charge is 1.95. The number of anilines is 1. The van der Waals surface area contributed by atoms with Crippen LogP contribution in [0, 0.1) is 0 Å². The van der Waals surface area contributed by atoms with Crippen molar-refractivity contribution in [3.05, 3.63) is 18.6 Å². The molecule has 0 saturated carbocycles. The van der Waals surface area contributed by atoms with Crippen molar-refractivity contribution >= 4 is 34.1 Å². The van der Waals surface area contributed by atoms with Gasteiger partial charge in [0, 0.05) is 12.4 Å². The van der Waals surface area contributed by atoms with Crippen molar-refractivity contribution in [2.45, 2.75) is 0 Å². The van der Waals surface area contributed by atoms with Crippen LogP contribution >= 0.6 is 17.0 Å². The molecular weight excluding hydrogens is 222 g/mol. The van der Waals surface area contributed by atoms with Gasteiger partial charge in [-0.05, 0) is 0 Å². The van der Waals surface area contributed by atoms with Crippen LogP contribution in [-0.2, 0) is 0 Å². The summed E-state index contributed by atoms with van der Waals surface area (Å²) >= 11 is 0.